The minimum Gasteiger partial charge on any atom is -0.362 e. The molecule has 1 fully saturated rings. The molecule has 36 heavy (non-hydrogen) atoms. The van der Waals surface area contributed by atoms with Crippen molar-refractivity contribution in [3.05, 3.63) is 80.6 Å². The van der Waals surface area contributed by atoms with Crippen LogP contribution in [-0.4, -0.2) is 39.7 Å². The Hall–Kier alpha value is -3.01. The molecule has 1 aliphatic heterocycles. The van der Waals surface area contributed by atoms with Gasteiger partial charge in [-0.15, -0.1) is 0 Å². The van der Waals surface area contributed by atoms with Crippen LogP contribution in [0.1, 0.15) is 60.1 Å². The molecule has 1 aromatic heterocycles. The fraction of sp³-hybridized carbons (Fsp3) is 0.393. The lowest BCUT2D eigenvalue weighted by Gasteiger charge is -2.32. The van der Waals surface area contributed by atoms with E-state index in [-0.39, 0.29) is 17.4 Å². The van der Waals surface area contributed by atoms with Crippen molar-refractivity contribution >= 4 is 34.8 Å². The molecule has 3 aromatic rings. The first-order valence-corrected chi connectivity index (χ1v) is 12.8. The first-order chi connectivity index (χ1) is 17.0. The Labute approximate surface area is 223 Å². The van der Waals surface area contributed by atoms with Crippen LogP contribution in [0.5, 0.6) is 0 Å². The van der Waals surface area contributed by atoms with Crippen LogP contribution in [0.3, 0.4) is 0 Å². The average molecular weight is 524 g/mol. The van der Waals surface area contributed by atoms with Crippen molar-refractivity contribution in [2.45, 2.75) is 52.1 Å². The van der Waals surface area contributed by atoms with Gasteiger partial charge in [-0.05, 0) is 60.9 Å². The molecule has 6 nitrogen and oxygen atoms in total. The third-order valence-electron chi connectivity index (χ3n) is 6.82. The maximum atomic E-state index is 13.5. The van der Waals surface area contributed by atoms with E-state index in [2.05, 4.69) is 43.8 Å². The Kier molecular flexibility index (Phi) is 7.36. The van der Waals surface area contributed by atoms with E-state index < -0.39 is 0 Å². The van der Waals surface area contributed by atoms with Crippen LogP contribution in [-0.2, 0) is 19.0 Å². The molecule has 2 aromatic carbocycles. The first-order valence-electron chi connectivity index (χ1n) is 12.0. The number of aryl methyl sites for hydroxylation is 2. The summed E-state index contributed by atoms with van der Waals surface area (Å²) in [4.78, 5) is 17.6. The summed E-state index contributed by atoms with van der Waals surface area (Å²) in [6.07, 6.45) is 0.812. The van der Waals surface area contributed by atoms with Crippen molar-refractivity contribution in [1.29, 1.82) is 5.26 Å². The molecular formula is C28H31Cl2N5O. The molecule has 0 aliphatic carbocycles. The predicted octanol–water partition coefficient (Wildman–Crippen LogP) is 6.13. The van der Waals surface area contributed by atoms with Gasteiger partial charge in [0.1, 0.15) is 11.8 Å². The Morgan fingerprint density at radius 2 is 1.94 bits per heavy atom. The summed E-state index contributed by atoms with van der Waals surface area (Å²) < 4.78 is 1.68. The molecular weight excluding hydrogens is 493 g/mol. The van der Waals surface area contributed by atoms with Crippen molar-refractivity contribution in [3.63, 3.8) is 0 Å². The third kappa shape index (κ3) is 5.38. The SMILES string of the molecule is Cc1ccc(Cl)cc1CN(c1ccc(C#N)c(Cl)c1)C1CCN(C(=O)c2cc(C(C)(C)C)nn2C)C1. The number of anilines is 1. The van der Waals surface area contributed by atoms with Crippen LogP contribution in [0, 0.1) is 18.3 Å². The molecule has 0 saturated carbocycles. The number of aromatic nitrogens is 2. The maximum Gasteiger partial charge on any atom is 0.272 e. The van der Waals surface area contributed by atoms with E-state index in [1.807, 2.05) is 48.3 Å². The average Bonchev–Trinajstić information content (AvgIpc) is 3.46. The number of nitrogens with zero attached hydrogens (tertiary/aromatic N) is 5. The summed E-state index contributed by atoms with van der Waals surface area (Å²) in [5, 5.41) is 15.0. The zero-order chi connectivity index (χ0) is 26.2. The number of benzene rings is 2. The zero-order valence-corrected chi connectivity index (χ0v) is 22.9. The number of likely N-dealkylation sites (tertiary alicyclic amines) is 1. The summed E-state index contributed by atoms with van der Waals surface area (Å²) in [6, 6.07) is 15.5. The predicted molar refractivity (Wildman–Crippen MR) is 145 cm³/mol. The molecule has 1 atom stereocenters. The Morgan fingerprint density at radius 1 is 1.19 bits per heavy atom. The minimum absolute atomic E-state index is 0.0141. The monoisotopic (exact) mass is 523 g/mol. The Morgan fingerprint density at radius 3 is 2.58 bits per heavy atom. The fourth-order valence-corrected chi connectivity index (χ4v) is 4.99. The van der Waals surface area contributed by atoms with E-state index in [1.165, 1.54) is 0 Å². The topological polar surface area (TPSA) is 65.2 Å². The van der Waals surface area contributed by atoms with Crippen molar-refractivity contribution in [3.8, 4) is 6.07 Å². The van der Waals surface area contributed by atoms with Crippen molar-refractivity contribution in [1.82, 2.24) is 14.7 Å². The summed E-state index contributed by atoms with van der Waals surface area (Å²) >= 11 is 12.7. The molecule has 0 bridgehead atoms. The van der Waals surface area contributed by atoms with Gasteiger partial charge in [0.05, 0.1) is 16.3 Å². The summed E-state index contributed by atoms with van der Waals surface area (Å²) in [6.45, 7) is 10.2. The molecule has 0 radical (unpaired) electrons. The normalized spacial score (nSPS) is 15.7. The second-order valence-electron chi connectivity index (χ2n) is 10.5. The first kappa shape index (κ1) is 26.1. The highest BCUT2D eigenvalue weighted by molar-refractivity contribution is 6.32. The van der Waals surface area contributed by atoms with Crippen LogP contribution in [0.4, 0.5) is 5.69 Å². The lowest BCUT2D eigenvalue weighted by atomic mass is 9.92. The second-order valence-corrected chi connectivity index (χ2v) is 11.3. The highest BCUT2D eigenvalue weighted by Crippen LogP contribution is 2.31. The van der Waals surface area contributed by atoms with Crippen LogP contribution in [0.15, 0.2) is 42.5 Å². The number of amides is 1. The number of carbonyl (C=O) groups excluding carboxylic acids is 1. The highest BCUT2D eigenvalue weighted by Gasteiger charge is 2.33. The Bertz CT molecular complexity index is 1330. The maximum absolute atomic E-state index is 13.5. The molecule has 0 spiro atoms. The summed E-state index contributed by atoms with van der Waals surface area (Å²) in [7, 11) is 1.82. The van der Waals surface area contributed by atoms with Gasteiger partial charge in [-0.3, -0.25) is 9.48 Å². The molecule has 1 aliphatic rings. The largest absolute Gasteiger partial charge is 0.362 e. The molecule has 0 N–H and O–H groups in total. The van der Waals surface area contributed by atoms with Crippen LogP contribution < -0.4 is 4.90 Å². The van der Waals surface area contributed by atoms with Gasteiger partial charge < -0.3 is 9.80 Å². The van der Waals surface area contributed by atoms with Gasteiger partial charge in [0.2, 0.25) is 0 Å². The van der Waals surface area contributed by atoms with E-state index >= 15 is 0 Å². The van der Waals surface area contributed by atoms with Crippen molar-refractivity contribution in [2.24, 2.45) is 7.05 Å². The quantitative estimate of drug-likeness (QED) is 0.403. The van der Waals surface area contributed by atoms with Crippen molar-refractivity contribution in [2.75, 3.05) is 18.0 Å². The van der Waals surface area contributed by atoms with Gasteiger partial charge in [-0.25, -0.2) is 0 Å². The molecule has 1 unspecified atom stereocenters. The molecule has 188 valence electrons. The highest BCUT2D eigenvalue weighted by atomic mass is 35.5. The third-order valence-corrected chi connectivity index (χ3v) is 7.36. The van der Waals surface area contributed by atoms with Gasteiger partial charge in [0, 0.05) is 48.8 Å². The fourth-order valence-electron chi connectivity index (χ4n) is 4.58. The lowest BCUT2D eigenvalue weighted by Crippen LogP contribution is -2.39. The van der Waals surface area contributed by atoms with Gasteiger partial charge >= 0.3 is 0 Å². The van der Waals surface area contributed by atoms with E-state index in [9.17, 15) is 10.1 Å². The number of hydrogen-bond donors (Lipinski definition) is 0. The van der Waals surface area contributed by atoms with Gasteiger partial charge in [-0.1, -0.05) is 50.0 Å². The van der Waals surface area contributed by atoms with E-state index in [4.69, 9.17) is 23.2 Å². The van der Waals surface area contributed by atoms with Crippen LogP contribution >= 0.6 is 23.2 Å². The number of rotatable bonds is 5. The molecule has 4 rings (SSSR count). The number of carbonyl (C=O) groups is 1. The van der Waals surface area contributed by atoms with E-state index in [1.54, 1.807) is 10.7 Å². The minimum atomic E-state index is -0.135. The standard InChI is InChI=1S/C28H31Cl2N5O/c1-18-6-8-21(29)12-20(18)16-35(22-9-7-19(15-31)24(30)13-22)23-10-11-34(17-23)27(36)25-14-26(28(2,3)4)32-33(25)5/h6-9,12-14,23H,10-11,16-17H2,1-5H3. The van der Waals surface area contributed by atoms with Gasteiger partial charge in [0.25, 0.3) is 5.91 Å². The van der Waals surface area contributed by atoms with Gasteiger partial charge in [0.15, 0.2) is 0 Å². The number of hydrogen-bond acceptors (Lipinski definition) is 4. The van der Waals surface area contributed by atoms with Crippen molar-refractivity contribution < 1.29 is 4.79 Å². The summed E-state index contributed by atoms with van der Waals surface area (Å²) in [5.74, 6) is -0.0141. The van der Waals surface area contributed by atoms with E-state index in [0.29, 0.717) is 40.9 Å². The Balaban J connectivity index is 1.63. The second kappa shape index (κ2) is 10.2. The smallest absolute Gasteiger partial charge is 0.272 e. The van der Waals surface area contributed by atoms with E-state index in [0.717, 1.165) is 28.9 Å². The number of nitriles is 1. The van der Waals surface area contributed by atoms with Crippen LogP contribution in [0.2, 0.25) is 10.0 Å². The molecule has 1 amide bonds. The van der Waals surface area contributed by atoms with Crippen LogP contribution in [0.25, 0.3) is 0 Å². The zero-order valence-electron chi connectivity index (χ0n) is 21.3. The molecule has 2 heterocycles. The lowest BCUT2D eigenvalue weighted by molar-refractivity contribution is 0.0779. The summed E-state index contributed by atoms with van der Waals surface area (Å²) in [5.41, 5.74) is 4.95. The number of halogens is 2. The molecule has 8 heteroatoms. The van der Waals surface area contributed by atoms with Gasteiger partial charge in [-0.2, -0.15) is 10.4 Å². The molecule has 1 saturated heterocycles.